The minimum absolute atomic E-state index is 0.282. The first kappa shape index (κ1) is 21.8. The van der Waals surface area contributed by atoms with E-state index in [9.17, 15) is 23.1 Å². The van der Waals surface area contributed by atoms with Crippen LogP contribution in [0, 0.1) is 0 Å². The van der Waals surface area contributed by atoms with Crippen LogP contribution in [-0.4, -0.2) is 36.6 Å². The van der Waals surface area contributed by atoms with Crippen molar-refractivity contribution < 1.29 is 32.5 Å². The fraction of sp³-hybridized carbons (Fsp3) is 0.632. The van der Waals surface area contributed by atoms with E-state index in [1.54, 1.807) is 18.2 Å². The lowest BCUT2D eigenvalue weighted by atomic mass is 9.63. The standard InChI is InChI=1S/C19H24ClF3O4/c1-3-27-18(16(24)25,19(21,22)23)12-17(10-5-4-6-11-17)13-8-7-9-14(20)15(13)26-2/h7-9H,3-6,10-12H2,1-2H3,(H,24,25). The maximum atomic E-state index is 14.0. The van der Waals surface area contributed by atoms with Crippen LogP contribution in [0.25, 0.3) is 0 Å². The van der Waals surface area contributed by atoms with Gasteiger partial charge in [0.1, 0.15) is 5.75 Å². The number of benzene rings is 1. The fourth-order valence-corrected chi connectivity index (χ4v) is 4.37. The quantitative estimate of drug-likeness (QED) is 0.659. The Morgan fingerprint density at radius 3 is 2.37 bits per heavy atom. The van der Waals surface area contributed by atoms with Gasteiger partial charge in [0.15, 0.2) is 0 Å². The normalized spacial score (nSPS) is 19.3. The third kappa shape index (κ3) is 4.04. The predicted molar refractivity (Wildman–Crippen MR) is 95.4 cm³/mol. The minimum Gasteiger partial charge on any atom is -0.495 e. The molecular weight excluding hydrogens is 385 g/mol. The second kappa shape index (κ2) is 8.27. The highest BCUT2D eigenvalue weighted by molar-refractivity contribution is 6.32. The lowest BCUT2D eigenvalue weighted by Gasteiger charge is -2.44. The van der Waals surface area contributed by atoms with Crippen molar-refractivity contribution in [1.29, 1.82) is 0 Å². The van der Waals surface area contributed by atoms with Gasteiger partial charge in [-0.3, -0.25) is 0 Å². The van der Waals surface area contributed by atoms with Crippen molar-refractivity contribution >= 4 is 17.6 Å². The number of aliphatic carboxylic acids is 1. The van der Waals surface area contributed by atoms with Crippen LogP contribution in [0.2, 0.25) is 5.02 Å². The van der Waals surface area contributed by atoms with Gasteiger partial charge in [-0.1, -0.05) is 43.0 Å². The summed E-state index contributed by atoms with van der Waals surface area (Å²) in [6, 6.07) is 4.91. The topological polar surface area (TPSA) is 55.8 Å². The van der Waals surface area contributed by atoms with Crippen LogP contribution >= 0.6 is 11.6 Å². The Bertz CT molecular complexity index is 671. The molecule has 1 aliphatic rings. The van der Waals surface area contributed by atoms with Crippen molar-refractivity contribution in [2.24, 2.45) is 0 Å². The highest BCUT2D eigenvalue weighted by Crippen LogP contribution is 2.53. The number of halogens is 4. The first-order chi connectivity index (χ1) is 12.6. The molecule has 1 saturated carbocycles. The summed E-state index contributed by atoms with van der Waals surface area (Å²) in [7, 11) is 1.40. The van der Waals surface area contributed by atoms with Crippen LogP contribution in [0.15, 0.2) is 18.2 Å². The molecule has 8 heteroatoms. The number of rotatable bonds is 7. The van der Waals surface area contributed by atoms with Crippen molar-refractivity contribution in [3.8, 4) is 5.75 Å². The number of methoxy groups -OCH3 is 1. The van der Waals surface area contributed by atoms with Crippen molar-refractivity contribution in [3.63, 3.8) is 0 Å². The minimum atomic E-state index is -5.06. The number of hydrogen-bond donors (Lipinski definition) is 1. The van der Waals surface area contributed by atoms with Gasteiger partial charge in [-0.05, 0) is 25.8 Å². The lowest BCUT2D eigenvalue weighted by Crippen LogP contribution is -2.58. The first-order valence-corrected chi connectivity index (χ1v) is 9.28. The second-order valence-electron chi connectivity index (χ2n) is 6.90. The van der Waals surface area contributed by atoms with Gasteiger partial charge >= 0.3 is 12.1 Å². The molecule has 1 aromatic rings. The Kier molecular flexibility index (Phi) is 6.68. The fourth-order valence-electron chi connectivity index (χ4n) is 4.12. The number of alkyl halides is 3. The number of carbonyl (C=O) groups is 1. The van der Waals surface area contributed by atoms with Gasteiger partial charge in [0, 0.05) is 24.0 Å². The Morgan fingerprint density at radius 1 is 1.26 bits per heavy atom. The molecule has 1 fully saturated rings. The summed E-state index contributed by atoms with van der Waals surface area (Å²) in [6.45, 7) is 0.992. The molecule has 27 heavy (non-hydrogen) atoms. The van der Waals surface area contributed by atoms with Crippen LogP contribution in [-0.2, 0) is 14.9 Å². The number of carboxylic acid groups (broad SMARTS) is 1. The van der Waals surface area contributed by atoms with Gasteiger partial charge < -0.3 is 14.6 Å². The molecule has 0 saturated heterocycles. The Labute approximate surface area is 161 Å². The molecular formula is C19H24ClF3O4. The Hall–Kier alpha value is -1.47. The highest BCUT2D eigenvalue weighted by Gasteiger charge is 2.65. The summed E-state index contributed by atoms with van der Waals surface area (Å²) in [6.07, 6.45) is -2.71. The zero-order chi connectivity index (χ0) is 20.3. The van der Waals surface area contributed by atoms with E-state index in [2.05, 4.69) is 0 Å². The van der Waals surface area contributed by atoms with Gasteiger partial charge in [0.2, 0.25) is 0 Å². The van der Waals surface area contributed by atoms with Crippen LogP contribution in [0.4, 0.5) is 13.2 Å². The summed E-state index contributed by atoms with van der Waals surface area (Å²) in [5.74, 6) is -1.73. The number of carboxylic acids is 1. The SMILES string of the molecule is CCOC(CC1(c2cccc(Cl)c2OC)CCCCC1)(C(=O)O)C(F)(F)F. The van der Waals surface area contributed by atoms with Crippen molar-refractivity contribution in [1.82, 2.24) is 0 Å². The molecule has 0 spiro atoms. The monoisotopic (exact) mass is 408 g/mol. The Balaban J connectivity index is 2.66. The van der Waals surface area contributed by atoms with Crippen LogP contribution in [0.5, 0.6) is 5.75 Å². The third-order valence-corrected chi connectivity index (χ3v) is 5.63. The van der Waals surface area contributed by atoms with Gasteiger partial charge in [0.25, 0.3) is 5.60 Å². The molecule has 0 aliphatic heterocycles. The van der Waals surface area contributed by atoms with E-state index in [4.69, 9.17) is 21.1 Å². The molecule has 1 aromatic carbocycles. The zero-order valence-corrected chi connectivity index (χ0v) is 16.1. The Morgan fingerprint density at radius 2 is 1.89 bits per heavy atom. The lowest BCUT2D eigenvalue weighted by molar-refractivity contribution is -0.281. The first-order valence-electron chi connectivity index (χ1n) is 8.90. The van der Waals surface area contributed by atoms with E-state index in [-0.39, 0.29) is 11.6 Å². The summed E-state index contributed by atoms with van der Waals surface area (Å²) >= 11 is 6.20. The average molecular weight is 409 g/mol. The maximum absolute atomic E-state index is 14.0. The van der Waals surface area contributed by atoms with Crippen LogP contribution in [0.3, 0.4) is 0 Å². The maximum Gasteiger partial charge on any atom is 0.428 e. The van der Waals surface area contributed by atoms with E-state index in [1.807, 2.05) is 0 Å². The van der Waals surface area contributed by atoms with Gasteiger partial charge in [-0.15, -0.1) is 0 Å². The van der Waals surface area contributed by atoms with Crippen molar-refractivity contribution in [3.05, 3.63) is 28.8 Å². The van der Waals surface area contributed by atoms with E-state index in [1.165, 1.54) is 14.0 Å². The van der Waals surface area contributed by atoms with Crippen molar-refractivity contribution in [2.75, 3.05) is 13.7 Å². The largest absolute Gasteiger partial charge is 0.495 e. The summed E-state index contributed by atoms with van der Waals surface area (Å²) in [4.78, 5) is 11.8. The summed E-state index contributed by atoms with van der Waals surface area (Å²) in [5.41, 5.74) is -3.84. The van der Waals surface area contributed by atoms with Gasteiger partial charge in [-0.2, -0.15) is 13.2 Å². The molecule has 0 bridgehead atoms. The smallest absolute Gasteiger partial charge is 0.428 e. The molecule has 0 radical (unpaired) electrons. The molecule has 2 rings (SSSR count). The van der Waals surface area contributed by atoms with E-state index in [0.29, 0.717) is 37.0 Å². The molecule has 1 atom stereocenters. The highest BCUT2D eigenvalue weighted by atomic mass is 35.5. The number of ether oxygens (including phenoxy) is 2. The zero-order valence-electron chi connectivity index (χ0n) is 15.4. The molecule has 0 aromatic heterocycles. The number of para-hydroxylation sites is 1. The predicted octanol–water partition coefficient (Wildman–Crippen LogP) is 5.36. The van der Waals surface area contributed by atoms with E-state index < -0.39 is 29.6 Å². The third-order valence-electron chi connectivity index (χ3n) is 5.33. The molecule has 1 aliphatic carbocycles. The molecule has 4 nitrogen and oxygen atoms in total. The van der Waals surface area contributed by atoms with Crippen LogP contribution in [0.1, 0.15) is 51.0 Å². The molecule has 0 heterocycles. The van der Waals surface area contributed by atoms with Crippen LogP contribution < -0.4 is 4.74 Å². The van der Waals surface area contributed by atoms with Gasteiger partial charge in [-0.25, -0.2) is 4.79 Å². The summed E-state index contributed by atoms with van der Waals surface area (Å²) in [5, 5.41) is 9.84. The van der Waals surface area contributed by atoms with Gasteiger partial charge in [0.05, 0.1) is 12.1 Å². The summed E-state index contributed by atoms with van der Waals surface area (Å²) < 4.78 is 52.1. The molecule has 1 N–H and O–H groups in total. The van der Waals surface area contributed by atoms with E-state index in [0.717, 1.165) is 6.42 Å². The van der Waals surface area contributed by atoms with E-state index >= 15 is 0 Å². The average Bonchev–Trinajstić information content (AvgIpc) is 2.60. The molecule has 152 valence electrons. The van der Waals surface area contributed by atoms with Crippen molar-refractivity contribution in [2.45, 2.75) is 62.6 Å². The molecule has 1 unspecified atom stereocenters. The molecule has 0 amide bonds. The second-order valence-corrected chi connectivity index (χ2v) is 7.31. The number of hydrogen-bond acceptors (Lipinski definition) is 3.